The number of likely N-dealkylation sites (tertiary alicyclic amines) is 1. The molecular formula is C52H86N6O9S. The van der Waals surface area contributed by atoms with E-state index >= 15 is 0 Å². The standard InChI is InChI=1S/C52H86N6O9S/c1-16-36(6)46(57(13)50(62)39(34(2)3)32-42(59)45(35(4)5)55(11)26-28-66-29-27-56(12)51(63)67-52(8,9)10)43(64-14)33-44(60)58-25-20-23-41(58)47(65-15)37(7)48(61)54-40(49-53-24-30-68-49)31-38-21-18-17-19-22-38/h17-19,21-22,24,30,34-37,39-41,43,45-47H,16,20,23,25-29,31-33H2,1-15H3,(H,54,61)/t36-,37+,39-,40-,41-,43+,45-,46-,47+/m0/s1. The number of likely N-dealkylation sites (N-methyl/N-ethyl adjacent to an activating group) is 3. The van der Waals surface area contributed by atoms with Crippen LogP contribution in [0.3, 0.4) is 0 Å². The molecule has 0 aliphatic carbocycles. The zero-order valence-corrected chi connectivity index (χ0v) is 44.8. The average molecular weight is 971 g/mol. The average Bonchev–Trinajstić information content (AvgIpc) is 4.01. The van der Waals surface area contributed by atoms with E-state index in [-0.39, 0.29) is 66.2 Å². The van der Waals surface area contributed by atoms with Crippen molar-refractivity contribution in [1.82, 2.24) is 29.9 Å². The molecule has 3 rings (SSSR count). The molecule has 1 fully saturated rings. The number of amides is 4. The maximum atomic E-state index is 14.7. The van der Waals surface area contributed by atoms with Crippen LogP contribution in [0.15, 0.2) is 41.9 Å². The lowest BCUT2D eigenvalue weighted by Crippen LogP contribution is -2.54. The SMILES string of the molecule is CC[C@H](C)[C@@H]([C@@H](CC(=O)N1CCC[C@H]1[C@H](OC)[C@@H](C)C(=O)N[C@@H](Cc1ccccc1)c1nccs1)OC)N(C)C(=O)[C@@H](CC(=O)[C@H](C(C)C)N(C)CCOCCN(C)C(=O)OC(C)(C)C)C(C)C. The topological polar surface area (TPSA) is 160 Å². The van der Waals surface area contributed by atoms with Gasteiger partial charge in [0.05, 0.1) is 61.9 Å². The van der Waals surface area contributed by atoms with Gasteiger partial charge >= 0.3 is 6.09 Å². The quantitative estimate of drug-likeness (QED) is 0.0840. The minimum atomic E-state index is -0.631. The number of Topliss-reactive ketones (excluding diaryl/α,β-unsaturated/α-hetero) is 1. The van der Waals surface area contributed by atoms with Gasteiger partial charge in [0.15, 0.2) is 5.78 Å². The summed E-state index contributed by atoms with van der Waals surface area (Å²) in [5.74, 6) is -1.82. The highest BCUT2D eigenvalue weighted by molar-refractivity contribution is 7.09. The van der Waals surface area contributed by atoms with Gasteiger partial charge in [-0.1, -0.05) is 85.2 Å². The van der Waals surface area contributed by atoms with Crippen molar-refractivity contribution in [2.75, 3.05) is 68.2 Å². The maximum absolute atomic E-state index is 14.7. The van der Waals surface area contributed by atoms with Crippen molar-refractivity contribution in [2.24, 2.45) is 29.6 Å². The number of carbonyl (C=O) groups excluding carboxylic acids is 5. The number of nitrogens with zero attached hydrogens (tertiary/aromatic N) is 5. The van der Waals surface area contributed by atoms with E-state index < -0.39 is 47.8 Å². The van der Waals surface area contributed by atoms with Crippen molar-refractivity contribution >= 4 is 40.9 Å². The van der Waals surface area contributed by atoms with E-state index in [4.69, 9.17) is 18.9 Å². The van der Waals surface area contributed by atoms with Crippen molar-refractivity contribution in [3.8, 4) is 0 Å². The number of ether oxygens (including phenoxy) is 4. The van der Waals surface area contributed by atoms with Gasteiger partial charge in [0.25, 0.3) is 0 Å². The van der Waals surface area contributed by atoms with Crippen LogP contribution in [0, 0.1) is 29.6 Å². The number of carbonyl (C=O) groups is 5. The number of rotatable bonds is 28. The summed E-state index contributed by atoms with van der Waals surface area (Å²) in [6.07, 6.45) is 3.01. The van der Waals surface area contributed by atoms with E-state index in [1.807, 2.05) is 108 Å². The number of hydrogen-bond acceptors (Lipinski definition) is 12. The van der Waals surface area contributed by atoms with E-state index in [9.17, 15) is 24.0 Å². The number of aromatic nitrogens is 1. The molecule has 68 heavy (non-hydrogen) atoms. The summed E-state index contributed by atoms with van der Waals surface area (Å²) in [4.78, 5) is 81.3. The molecule has 1 N–H and O–H groups in total. The molecule has 9 atom stereocenters. The lowest BCUT2D eigenvalue weighted by molar-refractivity contribution is -0.149. The number of nitrogens with one attached hydrogen (secondary N) is 1. The number of benzene rings is 1. The minimum absolute atomic E-state index is 0.0169. The first-order chi connectivity index (χ1) is 32.1. The second-order valence-corrected chi connectivity index (χ2v) is 21.3. The number of hydrogen-bond donors (Lipinski definition) is 1. The molecule has 1 aromatic carbocycles. The molecule has 384 valence electrons. The Morgan fingerprint density at radius 2 is 1.57 bits per heavy atom. The third-order valence-corrected chi connectivity index (χ3v) is 14.3. The fourth-order valence-electron chi connectivity index (χ4n) is 9.48. The predicted molar refractivity (Wildman–Crippen MR) is 268 cm³/mol. The first-order valence-electron chi connectivity index (χ1n) is 24.7. The molecule has 1 saturated heterocycles. The third kappa shape index (κ3) is 17.2. The van der Waals surface area contributed by atoms with E-state index in [0.29, 0.717) is 45.7 Å². The van der Waals surface area contributed by atoms with Gasteiger partial charge in [0, 0.05) is 71.9 Å². The van der Waals surface area contributed by atoms with E-state index in [1.165, 1.54) is 16.2 Å². The summed E-state index contributed by atoms with van der Waals surface area (Å²) in [6, 6.07) is 8.46. The Balaban J connectivity index is 1.71. The van der Waals surface area contributed by atoms with Crippen LogP contribution in [0.4, 0.5) is 4.79 Å². The lowest BCUT2D eigenvalue weighted by atomic mass is 9.83. The van der Waals surface area contributed by atoms with Crippen LogP contribution in [0.2, 0.25) is 0 Å². The minimum Gasteiger partial charge on any atom is -0.444 e. The number of thiazole rings is 1. The molecule has 4 amide bonds. The first kappa shape index (κ1) is 58.4. The number of ketones is 1. The van der Waals surface area contributed by atoms with Gasteiger partial charge in [-0.3, -0.25) is 24.1 Å². The fraction of sp³-hybridized carbons (Fsp3) is 0.731. The Morgan fingerprint density at radius 1 is 0.912 bits per heavy atom. The van der Waals surface area contributed by atoms with E-state index in [1.54, 1.807) is 39.4 Å². The van der Waals surface area contributed by atoms with Gasteiger partial charge in [-0.05, 0) is 70.4 Å². The van der Waals surface area contributed by atoms with Crippen molar-refractivity contribution in [3.63, 3.8) is 0 Å². The van der Waals surface area contributed by atoms with Crippen molar-refractivity contribution in [1.29, 1.82) is 0 Å². The van der Waals surface area contributed by atoms with Crippen LogP contribution < -0.4 is 5.32 Å². The van der Waals surface area contributed by atoms with E-state index in [0.717, 1.165) is 23.4 Å². The Bertz CT molecular complexity index is 1840. The van der Waals surface area contributed by atoms with Gasteiger partial charge in [0.2, 0.25) is 17.7 Å². The highest BCUT2D eigenvalue weighted by Crippen LogP contribution is 2.32. The van der Waals surface area contributed by atoms with Gasteiger partial charge in [-0.15, -0.1) is 11.3 Å². The fourth-order valence-corrected chi connectivity index (χ4v) is 10.2. The molecule has 1 aliphatic heterocycles. The molecule has 16 heteroatoms. The predicted octanol–water partition coefficient (Wildman–Crippen LogP) is 7.53. The Labute approximate surface area is 412 Å². The summed E-state index contributed by atoms with van der Waals surface area (Å²) in [6.45, 7) is 21.5. The normalized spacial score (nSPS) is 17.9. The van der Waals surface area contributed by atoms with Crippen LogP contribution >= 0.6 is 11.3 Å². The van der Waals surface area contributed by atoms with Crippen LogP contribution in [0.5, 0.6) is 0 Å². The molecule has 1 aliphatic rings. The van der Waals surface area contributed by atoms with Crippen LogP contribution in [0.25, 0.3) is 0 Å². The van der Waals surface area contributed by atoms with Gasteiger partial charge in [-0.2, -0.15) is 0 Å². The van der Waals surface area contributed by atoms with Crippen LogP contribution in [-0.2, 0) is 44.5 Å². The molecule has 0 unspecified atom stereocenters. The van der Waals surface area contributed by atoms with Crippen molar-refractivity contribution < 1.29 is 42.9 Å². The summed E-state index contributed by atoms with van der Waals surface area (Å²) in [5, 5.41) is 5.97. The highest BCUT2D eigenvalue weighted by Gasteiger charge is 2.43. The molecular weight excluding hydrogens is 885 g/mol. The van der Waals surface area contributed by atoms with Crippen LogP contribution in [-0.4, -0.2) is 158 Å². The molecule has 0 radical (unpaired) electrons. The summed E-state index contributed by atoms with van der Waals surface area (Å²) in [5.41, 5.74) is 0.499. The molecule has 1 aromatic heterocycles. The second kappa shape index (κ2) is 28.0. The van der Waals surface area contributed by atoms with E-state index in [2.05, 4.69) is 24.1 Å². The Hall–Kier alpha value is -3.96. The second-order valence-electron chi connectivity index (χ2n) is 20.4. The number of methoxy groups -OCH3 is 2. The van der Waals surface area contributed by atoms with Crippen molar-refractivity contribution in [3.05, 3.63) is 52.5 Å². The maximum Gasteiger partial charge on any atom is 0.410 e. The summed E-state index contributed by atoms with van der Waals surface area (Å²) >= 11 is 1.50. The smallest absolute Gasteiger partial charge is 0.410 e. The summed E-state index contributed by atoms with van der Waals surface area (Å²) in [7, 11) is 8.52. The molecule has 15 nitrogen and oxygen atoms in total. The zero-order valence-electron chi connectivity index (χ0n) is 44.0. The largest absolute Gasteiger partial charge is 0.444 e. The molecule has 0 bridgehead atoms. The van der Waals surface area contributed by atoms with Crippen LogP contribution in [0.1, 0.15) is 118 Å². The van der Waals surface area contributed by atoms with Gasteiger partial charge < -0.3 is 39.0 Å². The first-order valence-corrected chi connectivity index (χ1v) is 25.5. The zero-order chi connectivity index (χ0) is 50.9. The molecule has 0 saturated carbocycles. The van der Waals surface area contributed by atoms with Gasteiger partial charge in [-0.25, -0.2) is 9.78 Å². The highest BCUT2D eigenvalue weighted by atomic mass is 32.1. The molecule has 2 heterocycles. The summed E-state index contributed by atoms with van der Waals surface area (Å²) < 4.78 is 23.5. The lowest BCUT2D eigenvalue weighted by Gasteiger charge is -2.41. The monoisotopic (exact) mass is 971 g/mol. The third-order valence-electron chi connectivity index (χ3n) is 13.5. The van der Waals surface area contributed by atoms with Gasteiger partial charge in [0.1, 0.15) is 10.6 Å². The Kier molecular flexibility index (Phi) is 24.1. The molecule has 2 aromatic rings. The molecule has 0 spiro atoms. The van der Waals surface area contributed by atoms with Crippen molar-refractivity contribution in [2.45, 2.75) is 150 Å². The Morgan fingerprint density at radius 3 is 2.13 bits per heavy atom.